The van der Waals surface area contributed by atoms with Crippen LogP contribution < -0.4 is 10.6 Å². The predicted molar refractivity (Wildman–Crippen MR) is 149 cm³/mol. The third kappa shape index (κ3) is 6.48. The first-order chi connectivity index (χ1) is 18.2. The highest BCUT2D eigenvalue weighted by Gasteiger charge is 2.55. The summed E-state index contributed by atoms with van der Waals surface area (Å²) in [5, 5.41) is 17.1. The number of ketones is 1. The zero-order chi connectivity index (χ0) is 27.3. The van der Waals surface area contributed by atoms with Crippen molar-refractivity contribution >= 4 is 23.3 Å². The second kappa shape index (κ2) is 12.3. The van der Waals surface area contributed by atoms with Crippen molar-refractivity contribution in [3.05, 3.63) is 29.8 Å². The molecule has 210 valence electrons. The Labute approximate surface area is 228 Å². The number of carbonyl (C=O) groups excluding carboxylic acids is 3. The van der Waals surface area contributed by atoms with Gasteiger partial charge in [0, 0.05) is 30.5 Å². The van der Waals surface area contributed by atoms with Crippen molar-refractivity contribution in [2.75, 3.05) is 18.4 Å². The Balaban J connectivity index is 1.40. The Morgan fingerprint density at radius 1 is 1.08 bits per heavy atom. The molecule has 2 amide bonds. The summed E-state index contributed by atoms with van der Waals surface area (Å²) >= 11 is 0. The maximum absolute atomic E-state index is 13.8. The number of amides is 2. The largest absolute Gasteiger partial charge is 0.390 e. The first-order valence-corrected chi connectivity index (χ1v) is 14.8. The standard InChI is InChI=1S/C31H47N3O4/c1-4-5-9-25-27(35)26(20-30(38)14-7-6-8-15-30)33-29(37)31(25)16-18-34(19-17-31)21-23-10-12-24(13-11-23)32-28(36)22(2)3/h10-13,22,25-26,38H,4-9,14-21H2,1-3H3,(H,32,36)(H,33,37)/t25?,26-/m1/s1. The SMILES string of the molecule is CCCCC1C(=O)[C@@H](CC2(O)CCCCC2)NC(=O)C12CCN(Cc1ccc(NC(=O)C(C)C)cc1)CC2. The lowest BCUT2D eigenvalue weighted by atomic mass is 9.61. The van der Waals surface area contributed by atoms with E-state index in [4.69, 9.17) is 0 Å². The number of benzene rings is 1. The van der Waals surface area contributed by atoms with Gasteiger partial charge in [0.2, 0.25) is 11.8 Å². The summed E-state index contributed by atoms with van der Waals surface area (Å²) in [6.45, 7) is 8.19. The molecule has 1 aromatic rings. The van der Waals surface area contributed by atoms with Crippen LogP contribution in [0, 0.1) is 17.3 Å². The van der Waals surface area contributed by atoms with E-state index in [1.807, 2.05) is 38.1 Å². The molecule has 1 aliphatic carbocycles. The highest BCUT2D eigenvalue weighted by Crippen LogP contribution is 2.46. The van der Waals surface area contributed by atoms with Crippen LogP contribution in [0.15, 0.2) is 24.3 Å². The number of nitrogens with one attached hydrogen (secondary N) is 2. The molecule has 0 radical (unpaired) electrons. The number of carbonyl (C=O) groups is 3. The Hall–Kier alpha value is -2.25. The molecule has 2 saturated heterocycles. The summed E-state index contributed by atoms with van der Waals surface area (Å²) in [5.74, 6) is -0.156. The molecule has 4 rings (SSSR count). The van der Waals surface area contributed by atoms with Gasteiger partial charge in [0.15, 0.2) is 5.78 Å². The fourth-order valence-corrected chi connectivity index (χ4v) is 6.74. The average Bonchev–Trinajstić information content (AvgIpc) is 2.90. The van der Waals surface area contributed by atoms with Crippen molar-refractivity contribution in [1.29, 1.82) is 0 Å². The molecule has 2 aliphatic heterocycles. The molecular formula is C31H47N3O4. The summed E-state index contributed by atoms with van der Waals surface area (Å²) in [6.07, 6.45) is 8.94. The van der Waals surface area contributed by atoms with E-state index in [0.29, 0.717) is 19.3 Å². The third-order valence-electron chi connectivity index (χ3n) is 9.23. The second-order valence-electron chi connectivity index (χ2n) is 12.4. The van der Waals surface area contributed by atoms with Crippen molar-refractivity contribution in [3.8, 4) is 0 Å². The molecule has 7 nitrogen and oxygen atoms in total. The molecule has 1 spiro atoms. The molecule has 3 aliphatic rings. The van der Waals surface area contributed by atoms with Gasteiger partial charge in [0.25, 0.3) is 0 Å². The smallest absolute Gasteiger partial charge is 0.227 e. The Morgan fingerprint density at radius 3 is 2.34 bits per heavy atom. The van der Waals surface area contributed by atoms with Crippen molar-refractivity contribution in [3.63, 3.8) is 0 Å². The topological polar surface area (TPSA) is 98.7 Å². The van der Waals surface area contributed by atoms with Gasteiger partial charge < -0.3 is 15.7 Å². The maximum Gasteiger partial charge on any atom is 0.227 e. The monoisotopic (exact) mass is 525 g/mol. The maximum atomic E-state index is 13.8. The van der Waals surface area contributed by atoms with E-state index in [9.17, 15) is 19.5 Å². The molecule has 1 unspecified atom stereocenters. The quantitative estimate of drug-likeness (QED) is 0.429. The van der Waals surface area contributed by atoms with Crippen LogP contribution in [-0.4, -0.2) is 52.3 Å². The van der Waals surface area contributed by atoms with E-state index in [1.54, 1.807) is 0 Å². The highest BCUT2D eigenvalue weighted by molar-refractivity contribution is 6.01. The first-order valence-electron chi connectivity index (χ1n) is 14.8. The third-order valence-corrected chi connectivity index (χ3v) is 9.23. The van der Waals surface area contributed by atoms with E-state index in [-0.39, 0.29) is 29.4 Å². The lowest BCUT2D eigenvalue weighted by molar-refractivity contribution is -0.156. The summed E-state index contributed by atoms with van der Waals surface area (Å²) in [4.78, 5) is 41.8. The van der Waals surface area contributed by atoms with E-state index in [1.165, 1.54) is 0 Å². The average molecular weight is 526 g/mol. The summed E-state index contributed by atoms with van der Waals surface area (Å²) < 4.78 is 0. The number of unbranched alkanes of at least 4 members (excludes halogenated alkanes) is 1. The van der Waals surface area contributed by atoms with Crippen molar-refractivity contribution in [2.24, 2.45) is 17.3 Å². The number of hydrogen-bond donors (Lipinski definition) is 3. The fourth-order valence-electron chi connectivity index (χ4n) is 6.74. The summed E-state index contributed by atoms with van der Waals surface area (Å²) in [7, 11) is 0. The minimum atomic E-state index is -0.831. The molecule has 3 N–H and O–H groups in total. The number of rotatable bonds is 9. The van der Waals surface area contributed by atoms with E-state index < -0.39 is 17.1 Å². The number of Topliss-reactive ketones (excluding diaryl/α,β-unsaturated/α-hetero) is 1. The zero-order valence-electron chi connectivity index (χ0n) is 23.6. The van der Waals surface area contributed by atoms with Gasteiger partial charge in [-0.2, -0.15) is 0 Å². The van der Waals surface area contributed by atoms with Crippen LogP contribution in [0.5, 0.6) is 0 Å². The van der Waals surface area contributed by atoms with Crippen LogP contribution in [0.25, 0.3) is 0 Å². The van der Waals surface area contributed by atoms with Crippen molar-refractivity contribution in [2.45, 2.75) is 110 Å². The van der Waals surface area contributed by atoms with Gasteiger partial charge >= 0.3 is 0 Å². The minimum absolute atomic E-state index is 0.00662. The van der Waals surface area contributed by atoms with E-state index in [0.717, 1.165) is 82.3 Å². The number of hydrogen-bond acceptors (Lipinski definition) is 5. The molecule has 2 atom stereocenters. The number of aliphatic hydroxyl groups is 1. The summed E-state index contributed by atoms with van der Waals surface area (Å²) in [6, 6.07) is 7.40. The summed E-state index contributed by atoms with van der Waals surface area (Å²) in [5.41, 5.74) is 0.492. The number of likely N-dealkylation sites (tertiary alicyclic amines) is 1. The van der Waals surface area contributed by atoms with E-state index >= 15 is 0 Å². The van der Waals surface area contributed by atoms with Gasteiger partial charge in [-0.3, -0.25) is 19.3 Å². The van der Waals surface area contributed by atoms with Gasteiger partial charge in [-0.15, -0.1) is 0 Å². The van der Waals surface area contributed by atoms with Crippen molar-refractivity contribution < 1.29 is 19.5 Å². The number of nitrogens with zero attached hydrogens (tertiary/aromatic N) is 1. The Morgan fingerprint density at radius 2 is 1.74 bits per heavy atom. The molecule has 1 aromatic carbocycles. The number of piperidine rings is 2. The van der Waals surface area contributed by atoms with Crippen LogP contribution >= 0.6 is 0 Å². The number of anilines is 1. The minimum Gasteiger partial charge on any atom is -0.390 e. The molecule has 38 heavy (non-hydrogen) atoms. The normalized spacial score (nSPS) is 25.4. The van der Waals surface area contributed by atoms with Crippen LogP contribution in [0.4, 0.5) is 5.69 Å². The fraction of sp³-hybridized carbons (Fsp3) is 0.710. The zero-order valence-corrected chi connectivity index (χ0v) is 23.6. The lowest BCUT2D eigenvalue weighted by Crippen LogP contribution is -2.64. The lowest BCUT2D eigenvalue weighted by Gasteiger charge is -2.50. The molecule has 3 fully saturated rings. The van der Waals surface area contributed by atoms with Gasteiger partial charge in [-0.05, 0) is 62.9 Å². The molecule has 1 saturated carbocycles. The van der Waals surface area contributed by atoms with Gasteiger partial charge in [0.1, 0.15) is 0 Å². The molecular weight excluding hydrogens is 478 g/mol. The Kier molecular flexibility index (Phi) is 9.30. The van der Waals surface area contributed by atoms with E-state index in [2.05, 4.69) is 22.5 Å². The molecule has 0 aromatic heterocycles. The molecule has 2 heterocycles. The van der Waals surface area contributed by atoms with Gasteiger partial charge in [-0.25, -0.2) is 0 Å². The second-order valence-corrected chi connectivity index (χ2v) is 12.4. The van der Waals surface area contributed by atoms with Crippen LogP contribution in [0.3, 0.4) is 0 Å². The predicted octanol–water partition coefficient (Wildman–Crippen LogP) is 4.82. The molecule has 0 bridgehead atoms. The van der Waals surface area contributed by atoms with Crippen LogP contribution in [-0.2, 0) is 20.9 Å². The van der Waals surface area contributed by atoms with Gasteiger partial charge in [-0.1, -0.05) is 65.0 Å². The van der Waals surface area contributed by atoms with Crippen molar-refractivity contribution in [1.82, 2.24) is 10.2 Å². The van der Waals surface area contributed by atoms with Gasteiger partial charge in [0.05, 0.1) is 17.1 Å². The van der Waals surface area contributed by atoms with Crippen LogP contribution in [0.1, 0.15) is 97.0 Å². The Bertz CT molecular complexity index is 975. The molecule has 7 heteroatoms. The van der Waals surface area contributed by atoms with Crippen LogP contribution in [0.2, 0.25) is 0 Å². The highest BCUT2D eigenvalue weighted by atomic mass is 16.3. The first kappa shape index (κ1) is 28.8.